The highest BCUT2D eigenvalue weighted by Crippen LogP contribution is 2.31. The number of aliphatic hydroxyl groups is 1. The number of anilines is 3. The third kappa shape index (κ3) is 4.33. The maximum atomic E-state index is 14.6. The van der Waals surface area contributed by atoms with E-state index in [1.165, 1.54) is 29.7 Å². The molecule has 4 rings (SSSR count). The average molecular weight is 444 g/mol. The summed E-state index contributed by atoms with van der Waals surface area (Å²) in [5, 5.41) is 15.9. The molecule has 1 aliphatic rings. The SMILES string of the molecule is Cc1ccc(Nc2c(C(=O)N3CC(O)(CNc4ncncn4)C3)ccc(F)c2F)c(F)c1. The summed E-state index contributed by atoms with van der Waals surface area (Å²) in [5.41, 5.74) is -1.37. The van der Waals surface area contributed by atoms with Crippen molar-refractivity contribution in [3.8, 4) is 0 Å². The van der Waals surface area contributed by atoms with E-state index in [0.717, 1.165) is 12.1 Å². The molecule has 0 spiro atoms. The topological polar surface area (TPSA) is 103 Å². The van der Waals surface area contributed by atoms with Crippen LogP contribution >= 0.6 is 0 Å². The number of likely N-dealkylation sites (tertiary alicyclic amines) is 1. The number of rotatable bonds is 6. The van der Waals surface area contributed by atoms with E-state index in [4.69, 9.17) is 0 Å². The standard InChI is InChI=1S/C21H19F3N6O2/c1-12-2-5-16(15(23)6-12)29-18-13(3-4-14(22)17(18)24)19(31)30-8-21(32,9-30)7-26-20-27-10-25-11-28-20/h2-6,10-11,29,32H,7-9H2,1H3,(H,25,26,27,28). The number of carbonyl (C=O) groups is 1. The number of nitrogens with one attached hydrogen (secondary N) is 2. The molecule has 0 bridgehead atoms. The van der Waals surface area contributed by atoms with Crippen LogP contribution in [0.25, 0.3) is 0 Å². The van der Waals surface area contributed by atoms with E-state index < -0.39 is 34.6 Å². The Hall–Kier alpha value is -3.73. The van der Waals surface area contributed by atoms with Gasteiger partial charge in [0.05, 0.1) is 36.6 Å². The van der Waals surface area contributed by atoms with E-state index in [9.17, 15) is 23.1 Å². The molecule has 2 heterocycles. The first-order valence-corrected chi connectivity index (χ1v) is 9.64. The maximum absolute atomic E-state index is 14.6. The van der Waals surface area contributed by atoms with Gasteiger partial charge in [0, 0.05) is 0 Å². The van der Waals surface area contributed by atoms with Crippen molar-refractivity contribution in [3.05, 3.63) is 71.6 Å². The average Bonchev–Trinajstić information content (AvgIpc) is 2.75. The van der Waals surface area contributed by atoms with E-state index >= 15 is 0 Å². The molecule has 1 aromatic heterocycles. The second-order valence-electron chi connectivity index (χ2n) is 7.59. The van der Waals surface area contributed by atoms with E-state index in [1.54, 1.807) is 13.0 Å². The Morgan fingerprint density at radius 1 is 1.12 bits per heavy atom. The lowest BCUT2D eigenvalue weighted by Gasteiger charge is -2.46. The monoisotopic (exact) mass is 444 g/mol. The van der Waals surface area contributed by atoms with Crippen LogP contribution in [0.4, 0.5) is 30.5 Å². The Kier molecular flexibility index (Phi) is 5.66. The van der Waals surface area contributed by atoms with Crippen molar-refractivity contribution in [2.45, 2.75) is 12.5 Å². The van der Waals surface area contributed by atoms with Crippen LogP contribution in [0.15, 0.2) is 43.0 Å². The molecule has 0 atom stereocenters. The lowest BCUT2D eigenvalue weighted by Crippen LogP contribution is -2.66. The fraction of sp³-hybridized carbons (Fsp3) is 0.238. The molecule has 11 heteroatoms. The quantitative estimate of drug-likeness (QED) is 0.537. The summed E-state index contributed by atoms with van der Waals surface area (Å²) in [6, 6.07) is 6.15. The molecule has 0 aliphatic carbocycles. The first-order valence-electron chi connectivity index (χ1n) is 9.64. The summed E-state index contributed by atoms with van der Waals surface area (Å²) >= 11 is 0. The second-order valence-corrected chi connectivity index (χ2v) is 7.59. The summed E-state index contributed by atoms with van der Waals surface area (Å²) in [6.07, 6.45) is 2.59. The highest BCUT2D eigenvalue weighted by Gasteiger charge is 2.44. The number of hydrogen-bond donors (Lipinski definition) is 3. The Morgan fingerprint density at radius 3 is 2.53 bits per heavy atom. The number of nitrogens with zero attached hydrogens (tertiary/aromatic N) is 4. The van der Waals surface area contributed by atoms with Gasteiger partial charge in [-0.05, 0) is 36.8 Å². The Bertz CT molecular complexity index is 1160. The minimum absolute atomic E-state index is 0.0543. The smallest absolute Gasteiger partial charge is 0.256 e. The minimum atomic E-state index is -1.30. The molecule has 8 nitrogen and oxygen atoms in total. The highest BCUT2D eigenvalue weighted by molar-refractivity contribution is 6.01. The van der Waals surface area contributed by atoms with E-state index in [0.29, 0.717) is 5.56 Å². The Morgan fingerprint density at radius 2 is 1.84 bits per heavy atom. The molecule has 3 N–H and O–H groups in total. The van der Waals surface area contributed by atoms with Gasteiger partial charge >= 0.3 is 0 Å². The van der Waals surface area contributed by atoms with Crippen molar-refractivity contribution < 1.29 is 23.1 Å². The molecule has 0 saturated carbocycles. The molecule has 2 aromatic carbocycles. The van der Waals surface area contributed by atoms with Crippen molar-refractivity contribution in [3.63, 3.8) is 0 Å². The van der Waals surface area contributed by atoms with Gasteiger partial charge in [0.15, 0.2) is 11.6 Å². The number of benzene rings is 2. The molecular formula is C21H19F3N6O2. The predicted molar refractivity (Wildman–Crippen MR) is 110 cm³/mol. The first-order chi connectivity index (χ1) is 15.3. The highest BCUT2D eigenvalue weighted by atomic mass is 19.2. The Labute approximate surface area is 181 Å². The van der Waals surface area contributed by atoms with Gasteiger partial charge in [-0.1, -0.05) is 6.07 Å². The number of aryl methyl sites for hydroxylation is 1. The van der Waals surface area contributed by atoms with Gasteiger partial charge in [0.25, 0.3) is 5.91 Å². The maximum Gasteiger partial charge on any atom is 0.256 e. The third-order valence-corrected chi connectivity index (χ3v) is 5.04. The lowest BCUT2D eigenvalue weighted by molar-refractivity contribution is -0.0707. The summed E-state index contributed by atoms with van der Waals surface area (Å²) in [5.74, 6) is -3.52. The minimum Gasteiger partial charge on any atom is -0.384 e. The zero-order valence-electron chi connectivity index (χ0n) is 16.9. The summed E-state index contributed by atoms with van der Waals surface area (Å²) in [7, 11) is 0. The number of carbonyl (C=O) groups excluding carboxylic acids is 1. The number of halogens is 3. The van der Waals surface area contributed by atoms with Gasteiger partial charge in [0.2, 0.25) is 5.95 Å². The van der Waals surface area contributed by atoms with Gasteiger partial charge in [-0.25, -0.2) is 28.1 Å². The van der Waals surface area contributed by atoms with Gasteiger partial charge in [0.1, 0.15) is 24.1 Å². The van der Waals surface area contributed by atoms with Crippen LogP contribution in [-0.2, 0) is 0 Å². The largest absolute Gasteiger partial charge is 0.384 e. The normalized spacial score (nSPS) is 14.6. The number of hydrogen-bond acceptors (Lipinski definition) is 7. The van der Waals surface area contributed by atoms with Crippen LogP contribution < -0.4 is 10.6 Å². The molecule has 1 aliphatic heterocycles. The van der Waals surface area contributed by atoms with Crippen LogP contribution in [-0.4, -0.2) is 56.1 Å². The molecule has 1 amide bonds. The zero-order valence-corrected chi connectivity index (χ0v) is 16.9. The fourth-order valence-electron chi connectivity index (χ4n) is 3.37. The molecule has 32 heavy (non-hydrogen) atoms. The third-order valence-electron chi connectivity index (χ3n) is 5.04. The van der Waals surface area contributed by atoms with Crippen LogP contribution in [0.2, 0.25) is 0 Å². The molecule has 1 fully saturated rings. The predicted octanol–water partition coefficient (Wildman–Crippen LogP) is 2.64. The van der Waals surface area contributed by atoms with Crippen molar-refractivity contribution in [2.24, 2.45) is 0 Å². The summed E-state index contributed by atoms with van der Waals surface area (Å²) in [4.78, 5) is 25.7. The zero-order chi connectivity index (χ0) is 22.9. The lowest BCUT2D eigenvalue weighted by atomic mass is 9.93. The van der Waals surface area contributed by atoms with Crippen molar-refractivity contribution in [2.75, 3.05) is 30.3 Å². The van der Waals surface area contributed by atoms with Gasteiger partial charge in [-0.3, -0.25) is 4.79 Å². The van der Waals surface area contributed by atoms with Gasteiger partial charge in [-0.15, -0.1) is 0 Å². The second kappa shape index (κ2) is 8.42. The number of β-amino-alcohol motifs (C(OH)–C–C–N with tert-alkyl or cyclic N) is 1. The van der Waals surface area contributed by atoms with Gasteiger partial charge < -0.3 is 20.6 Å². The first kappa shape index (κ1) is 21.5. The molecule has 1 saturated heterocycles. The molecule has 166 valence electrons. The molecule has 0 radical (unpaired) electrons. The van der Waals surface area contributed by atoms with Crippen molar-refractivity contribution in [1.29, 1.82) is 0 Å². The fourth-order valence-corrected chi connectivity index (χ4v) is 3.37. The van der Waals surface area contributed by atoms with Crippen LogP contribution in [0, 0.1) is 24.4 Å². The molecule has 0 unspecified atom stereocenters. The van der Waals surface area contributed by atoms with Crippen molar-refractivity contribution in [1.82, 2.24) is 19.9 Å². The molecular weight excluding hydrogens is 425 g/mol. The van der Waals surface area contributed by atoms with E-state index in [2.05, 4.69) is 25.6 Å². The van der Waals surface area contributed by atoms with E-state index in [-0.39, 0.29) is 36.8 Å². The van der Waals surface area contributed by atoms with Crippen molar-refractivity contribution >= 4 is 23.2 Å². The summed E-state index contributed by atoms with van der Waals surface area (Å²) in [6.45, 7) is 1.64. The number of amides is 1. The van der Waals surface area contributed by atoms with Gasteiger partial charge in [-0.2, -0.15) is 0 Å². The van der Waals surface area contributed by atoms with Crippen LogP contribution in [0.1, 0.15) is 15.9 Å². The van der Waals surface area contributed by atoms with E-state index in [1.807, 2.05) is 0 Å². The molecule has 3 aromatic rings. The van der Waals surface area contributed by atoms with Crippen LogP contribution in [0.3, 0.4) is 0 Å². The Balaban J connectivity index is 1.50. The number of aromatic nitrogens is 3. The summed E-state index contributed by atoms with van der Waals surface area (Å²) < 4.78 is 42.7. The van der Waals surface area contributed by atoms with Crippen LogP contribution in [0.5, 0.6) is 0 Å².